The largest absolute Gasteiger partial charge is 0.490 e. The number of benzene rings is 1. The molecule has 1 aliphatic rings. The van der Waals surface area contributed by atoms with Gasteiger partial charge in [0.05, 0.1) is 6.61 Å². The van der Waals surface area contributed by atoms with Crippen LogP contribution in [0.4, 0.5) is 0 Å². The zero-order valence-electron chi connectivity index (χ0n) is 16.5. The maximum atomic E-state index is 12.1. The van der Waals surface area contributed by atoms with E-state index in [1.807, 2.05) is 37.3 Å². The molecule has 3 N–H and O–H groups in total. The van der Waals surface area contributed by atoms with Gasteiger partial charge >= 0.3 is 0 Å². The highest BCUT2D eigenvalue weighted by Crippen LogP contribution is 2.30. The van der Waals surface area contributed by atoms with E-state index in [1.165, 1.54) is 0 Å². The highest BCUT2D eigenvalue weighted by atomic mass is 35.5. The smallest absolute Gasteiger partial charge is 0.220 e. The van der Waals surface area contributed by atoms with Crippen molar-refractivity contribution in [3.63, 3.8) is 0 Å². The maximum Gasteiger partial charge on any atom is 0.220 e. The van der Waals surface area contributed by atoms with Crippen LogP contribution in [0.2, 0.25) is 0 Å². The molecule has 2 atom stereocenters. The number of pyridine rings is 1. The second kappa shape index (κ2) is 12.5. The number of hydrogen-bond donors (Lipinski definition) is 2. The lowest BCUT2D eigenvalue weighted by Crippen LogP contribution is -2.31. The van der Waals surface area contributed by atoms with Gasteiger partial charge in [-0.2, -0.15) is 0 Å². The summed E-state index contributed by atoms with van der Waals surface area (Å²) >= 11 is 0. The minimum Gasteiger partial charge on any atom is -0.490 e. The van der Waals surface area contributed by atoms with E-state index in [-0.39, 0.29) is 36.8 Å². The molecule has 1 fully saturated rings. The zero-order valence-corrected chi connectivity index (χ0v) is 18.1. The molecule has 2 aromatic rings. The Morgan fingerprint density at radius 3 is 2.55 bits per heavy atom. The summed E-state index contributed by atoms with van der Waals surface area (Å²) < 4.78 is 11.4. The normalized spacial score (nSPS) is 17.6. The SMILES string of the molecule is CCOc1ccccc1Oc1ccc(CNC(=O)C[C@@H]2CCC[C@H]2N)cn1.Cl.Cl. The lowest BCUT2D eigenvalue weighted by atomic mass is 10.00. The lowest BCUT2D eigenvalue weighted by Gasteiger charge is -2.14. The predicted molar refractivity (Wildman–Crippen MR) is 118 cm³/mol. The van der Waals surface area contributed by atoms with E-state index < -0.39 is 0 Å². The molecular formula is C21H29Cl2N3O3. The van der Waals surface area contributed by atoms with Crippen LogP contribution in [0.3, 0.4) is 0 Å². The van der Waals surface area contributed by atoms with Gasteiger partial charge in [0.1, 0.15) is 0 Å². The van der Waals surface area contributed by atoms with Crippen LogP contribution in [0.15, 0.2) is 42.6 Å². The van der Waals surface area contributed by atoms with Crippen LogP contribution < -0.4 is 20.5 Å². The summed E-state index contributed by atoms with van der Waals surface area (Å²) in [6.07, 6.45) is 5.41. The molecule has 1 aliphatic carbocycles. The molecule has 0 aliphatic heterocycles. The molecule has 0 bridgehead atoms. The molecule has 0 radical (unpaired) electrons. The molecule has 1 amide bonds. The minimum absolute atomic E-state index is 0. The Kier molecular flexibility index (Phi) is 10.8. The zero-order chi connectivity index (χ0) is 19.1. The molecule has 0 saturated heterocycles. The van der Waals surface area contributed by atoms with Gasteiger partial charge in [-0.25, -0.2) is 4.98 Å². The molecule has 1 heterocycles. The number of carbonyl (C=O) groups is 1. The highest BCUT2D eigenvalue weighted by Gasteiger charge is 2.25. The first-order valence-corrected chi connectivity index (χ1v) is 9.52. The molecule has 160 valence electrons. The highest BCUT2D eigenvalue weighted by molar-refractivity contribution is 5.85. The van der Waals surface area contributed by atoms with Crippen LogP contribution in [-0.4, -0.2) is 23.5 Å². The Morgan fingerprint density at radius 1 is 1.17 bits per heavy atom. The van der Waals surface area contributed by atoms with Gasteiger partial charge in [-0.15, -0.1) is 24.8 Å². The molecule has 1 aromatic heterocycles. The monoisotopic (exact) mass is 441 g/mol. The van der Waals surface area contributed by atoms with Gasteiger partial charge in [0.25, 0.3) is 0 Å². The number of nitrogens with two attached hydrogens (primary N) is 1. The molecule has 3 rings (SSSR count). The van der Waals surface area contributed by atoms with E-state index in [1.54, 1.807) is 12.3 Å². The molecular weight excluding hydrogens is 413 g/mol. The summed E-state index contributed by atoms with van der Waals surface area (Å²) in [4.78, 5) is 16.4. The Bertz CT molecular complexity index is 759. The maximum absolute atomic E-state index is 12.1. The van der Waals surface area contributed by atoms with Crippen LogP contribution in [0.25, 0.3) is 0 Å². The predicted octanol–water partition coefficient (Wildman–Crippen LogP) is 4.25. The molecule has 6 nitrogen and oxygen atoms in total. The quantitative estimate of drug-likeness (QED) is 0.639. The van der Waals surface area contributed by atoms with Gasteiger partial charge in [0.2, 0.25) is 11.8 Å². The van der Waals surface area contributed by atoms with E-state index in [9.17, 15) is 4.79 Å². The topological polar surface area (TPSA) is 86.5 Å². The summed E-state index contributed by atoms with van der Waals surface area (Å²) in [6, 6.07) is 11.3. The van der Waals surface area contributed by atoms with Crippen molar-refractivity contribution in [2.75, 3.05) is 6.61 Å². The van der Waals surface area contributed by atoms with Crippen molar-refractivity contribution in [1.29, 1.82) is 0 Å². The molecule has 0 unspecified atom stereocenters. The van der Waals surface area contributed by atoms with E-state index in [4.69, 9.17) is 15.2 Å². The summed E-state index contributed by atoms with van der Waals surface area (Å²) in [5.41, 5.74) is 6.95. The van der Waals surface area contributed by atoms with Crippen molar-refractivity contribution in [2.45, 2.75) is 45.2 Å². The average Bonchev–Trinajstić information content (AvgIpc) is 3.07. The summed E-state index contributed by atoms with van der Waals surface area (Å²) in [5.74, 6) is 2.14. The number of hydrogen-bond acceptors (Lipinski definition) is 5. The van der Waals surface area contributed by atoms with Gasteiger partial charge in [-0.05, 0) is 43.4 Å². The molecule has 1 saturated carbocycles. The van der Waals surface area contributed by atoms with Crippen LogP contribution in [0.1, 0.15) is 38.2 Å². The van der Waals surface area contributed by atoms with Crippen molar-refractivity contribution >= 4 is 30.7 Å². The first-order chi connectivity index (χ1) is 13.2. The Labute approximate surface area is 184 Å². The number of ether oxygens (including phenoxy) is 2. The second-order valence-corrected chi connectivity index (χ2v) is 6.82. The third kappa shape index (κ3) is 7.38. The summed E-state index contributed by atoms with van der Waals surface area (Å²) in [7, 11) is 0. The average molecular weight is 442 g/mol. The van der Waals surface area contributed by atoms with Gasteiger partial charge in [0, 0.05) is 31.3 Å². The first kappa shape index (κ1) is 25.0. The number of carbonyl (C=O) groups excluding carboxylic acids is 1. The van der Waals surface area contributed by atoms with Gasteiger partial charge in [-0.3, -0.25) is 4.79 Å². The van der Waals surface area contributed by atoms with Gasteiger partial charge < -0.3 is 20.5 Å². The minimum atomic E-state index is 0. The number of para-hydroxylation sites is 2. The number of rotatable bonds is 8. The van der Waals surface area contributed by atoms with Crippen molar-refractivity contribution in [2.24, 2.45) is 11.7 Å². The summed E-state index contributed by atoms with van der Waals surface area (Å²) in [6.45, 7) is 2.94. The Hall–Kier alpha value is -2.02. The molecule has 29 heavy (non-hydrogen) atoms. The molecule has 1 aromatic carbocycles. The van der Waals surface area contributed by atoms with E-state index in [0.717, 1.165) is 24.8 Å². The first-order valence-electron chi connectivity index (χ1n) is 9.52. The van der Waals surface area contributed by atoms with Crippen molar-refractivity contribution < 1.29 is 14.3 Å². The van der Waals surface area contributed by atoms with Crippen LogP contribution in [0.5, 0.6) is 17.4 Å². The lowest BCUT2D eigenvalue weighted by molar-refractivity contribution is -0.122. The van der Waals surface area contributed by atoms with Crippen LogP contribution in [0, 0.1) is 5.92 Å². The van der Waals surface area contributed by atoms with Crippen LogP contribution >= 0.6 is 24.8 Å². The van der Waals surface area contributed by atoms with Crippen molar-refractivity contribution in [1.82, 2.24) is 10.3 Å². The second-order valence-electron chi connectivity index (χ2n) is 6.82. The van der Waals surface area contributed by atoms with Gasteiger partial charge in [-0.1, -0.05) is 24.6 Å². The number of nitrogens with one attached hydrogen (secondary N) is 1. The number of nitrogens with zero attached hydrogens (tertiary/aromatic N) is 1. The fourth-order valence-electron chi connectivity index (χ4n) is 3.33. The van der Waals surface area contributed by atoms with Crippen molar-refractivity contribution in [3.05, 3.63) is 48.2 Å². The fraction of sp³-hybridized carbons (Fsp3) is 0.429. The van der Waals surface area contributed by atoms with Crippen LogP contribution in [-0.2, 0) is 11.3 Å². The van der Waals surface area contributed by atoms with E-state index >= 15 is 0 Å². The van der Waals surface area contributed by atoms with E-state index in [2.05, 4.69) is 10.3 Å². The van der Waals surface area contributed by atoms with Gasteiger partial charge in [0.15, 0.2) is 11.5 Å². The number of aromatic nitrogens is 1. The molecule has 8 heteroatoms. The summed E-state index contributed by atoms with van der Waals surface area (Å²) in [5, 5.41) is 2.95. The van der Waals surface area contributed by atoms with Crippen molar-refractivity contribution in [3.8, 4) is 17.4 Å². The third-order valence-electron chi connectivity index (χ3n) is 4.82. The third-order valence-corrected chi connectivity index (χ3v) is 4.82. The number of amides is 1. The Morgan fingerprint density at radius 2 is 1.93 bits per heavy atom. The molecule has 0 spiro atoms. The number of halogens is 2. The fourth-order valence-corrected chi connectivity index (χ4v) is 3.33. The standard InChI is InChI=1S/C21H27N3O3.2ClH/c1-2-26-18-8-3-4-9-19(18)27-21-11-10-15(14-24-21)13-23-20(25)12-16-6-5-7-17(16)22;;/h3-4,8-11,14,16-17H,2,5-7,12-13,22H2,1H3,(H,23,25);2*1H/t16-,17+;;/m0../s1. The Balaban J connectivity index is 0.00000210. The van der Waals surface area contributed by atoms with E-state index in [0.29, 0.717) is 42.9 Å².